The van der Waals surface area contributed by atoms with Gasteiger partial charge in [-0.1, -0.05) is 343 Å². The van der Waals surface area contributed by atoms with Crippen LogP contribution in [0.15, 0.2) is 0 Å². The Hall–Kier alpha value is -1.94. The molecule has 2 unspecified atom stereocenters. The van der Waals surface area contributed by atoms with Crippen LogP contribution in [0.4, 0.5) is 0 Å². The quantitative estimate of drug-likeness (QED) is 0.0222. The van der Waals surface area contributed by atoms with Crippen molar-refractivity contribution in [3.8, 4) is 0 Å². The lowest BCUT2D eigenvalue weighted by Gasteiger charge is -2.21. The number of aliphatic hydroxyl groups is 1. The predicted molar refractivity (Wildman–Crippen MR) is 386 cm³/mol. The smallest absolute Gasteiger partial charge is 0.462 e. The van der Waals surface area contributed by atoms with E-state index in [0.29, 0.717) is 31.6 Å². The number of carbonyl (C=O) groups is 4. The zero-order valence-corrected chi connectivity index (χ0v) is 63.8. The van der Waals surface area contributed by atoms with Crippen molar-refractivity contribution in [1.82, 2.24) is 0 Å². The van der Waals surface area contributed by atoms with Crippen LogP contribution in [-0.4, -0.2) is 96.7 Å². The number of ether oxygens (including phenoxy) is 4. The van der Waals surface area contributed by atoms with E-state index in [1.807, 2.05) is 0 Å². The first-order valence-corrected chi connectivity index (χ1v) is 42.5. The highest BCUT2D eigenvalue weighted by atomic mass is 31.2. The summed E-state index contributed by atoms with van der Waals surface area (Å²) in [6.45, 7) is 9.51. The van der Waals surface area contributed by atoms with Crippen LogP contribution in [0.25, 0.3) is 0 Å². The molecule has 3 N–H and O–H groups in total. The normalized spacial score (nSPS) is 14.0. The summed E-state index contributed by atoms with van der Waals surface area (Å²) in [6.07, 6.45) is 55.7. The maximum absolute atomic E-state index is 13.1. The molecule has 0 rings (SSSR count). The molecule has 0 radical (unpaired) electrons. The molecular weight excluding hydrogens is 1250 g/mol. The zero-order valence-electron chi connectivity index (χ0n) is 62.0. The Bertz CT molecular complexity index is 1840. The van der Waals surface area contributed by atoms with E-state index in [2.05, 4.69) is 41.5 Å². The maximum atomic E-state index is 13.1. The first-order valence-electron chi connectivity index (χ1n) is 39.5. The average molecular weight is 1400 g/mol. The highest BCUT2D eigenvalue weighted by Crippen LogP contribution is 2.45. The molecule has 0 aliphatic rings. The lowest BCUT2D eigenvalue weighted by molar-refractivity contribution is -0.161. The number of esters is 4. The van der Waals surface area contributed by atoms with E-state index < -0.39 is 97.5 Å². The third kappa shape index (κ3) is 70.3. The van der Waals surface area contributed by atoms with E-state index in [1.54, 1.807) is 0 Å². The van der Waals surface area contributed by atoms with Gasteiger partial charge in [-0.2, -0.15) is 0 Å². The van der Waals surface area contributed by atoms with Gasteiger partial charge in [0.05, 0.1) is 26.4 Å². The molecule has 0 saturated heterocycles. The topological polar surface area (TPSA) is 237 Å². The summed E-state index contributed by atoms with van der Waals surface area (Å²) in [5.74, 6) is -0.667. The standard InChI is InChI=1S/C76H148O17P2/c1-7-9-11-13-15-17-19-21-22-23-24-25-26-27-28-32-37-41-49-55-61-76(81)92-71(64-86-73(78)58-52-46-39-35-33-29-30-34-38-44-50-56-68(3)4)66-90-94(82,83)88-62-70(77)63-89-95(84,85)91-67-72(65-87-74(79)59-53-47-43-42-45-51-57-69(5)6)93-75(80)60-54-48-40-36-31-20-18-16-14-12-10-8-2/h68-72,77H,7-67H2,1-6H3,(H,82,83)(H,84,85)/t70-,71-,72-/m1/s1. The molecule has 5 atom stereocenters. The van der Waals surface area contributed by atoms with Crippen molar-refractivity contribution in [3.63, 3.8) is 0 Å². The Morgan fingerprint density at radius 2 is 0.484 bits per heavy atom. The van der Waals surface area contributed by atoms with Crippen molar-refractivity contribution in [2.45, 2.75) is 413 Å². The van der Waals surface area contributed by atoms with E-state index in [4.69, 9.17) is 37.0 Å². The molecule has 0 amide bonds. The molecule has 0 aromatic carbocycles. The number of aliphatic hydroxyl groups excluding tert-OH is 1. The molecule has 0 fully saturated rings. The molecular formula is C76H148O17P2. The molecule has 19 heteroatoms. The Morgan fingerprint density at radius 3 is 0.716 bits per heavy atom. The minimum Gasteiger partial charge on any atom is -0.462 e. The average Bonchev–Trinajstić information content (AvgIpc) is 2.02. The van der Waals surface area contributed by atoms with Crippen LogP contribution in [0.3, 0.4) is 0 Å². The number of hydrogen-bond donors (Lipinski definition) is 3. The summed E-state index contributed by atoms with van der Waals surface area (Å²) >= 11 is 0. The molecule has 0 spiro atoms. The predicted octanol–water partition coefficient (Wildman–Crippen LogP) is 22.3. The minimum atomic E-state index is -4.96. The Labute approximate surface area is 581 Å². The molecule has 0 aliphatic heterocycles. The first-order chi connectivity index (χ1) is 45.9. The van der Waals surface area contributed by atoms with Crippen molar-refractivity contribution in [3.05, 3.63) is 0 Å². The maximum Gasteiger partial charge on any atom is 0.472 e. The van der Waals surface area contributed by atoms with Crippen LogP contribution in [0.5, 0.6) is 0 Å². The van der Waals surface area contributed by atoms with E-state index in [1.165, 1.54) is 205 Å². The van der Waals surface area contributed by atoms with Gasteiger partial charge in [0.25, 0.3) is 0 Å². The van der Waals surface area contributed by atoms with Gasteiger partial charge in [-0.3, -0.25) is 37.3 Å². The molecule has 0 saturated carbocycles. The molecule has 0 aromatic rings. The zero-order chi connectivity index (χ0) is 70.0. The van der Waals surface area contributed by atoms with Gasteiger partial charge in [-0.15, -0.1) is 0 Å². The van der Waals surface area contributed by atoms with Gasteiger partial charge in [0, 0.05) is 25.7 Å². The summed E-state index contributed by atoms with van der Waals surface area (Å²) in [6, 6.07) is 0. The van der Waals surface area contributed by atoms with Crippen LogP contribution in [0.2, 0.25) is 0 Å². The fourth-order valence-electron chi connectivity index (χ4n) is 11.7. The highest BCUT2D eigenvalue weighted by Gasteiger charge is 2.30. The Balaban J connectivity index is 5.21. The van der Waals surface area contributed by atoms with E-state index in [-0.39, 0.29) is 25.7 Å². The summed E-state index contributed by atoms with van der Waals surface area (Å²) < 4.78 is 68.5. The van der Waals surface area contributed by atoms with Crippen LogP contribution in [0, 0.1) is 11.8 Å². The van der Waals surface area contributed by atoms with Crippen molar-refractivity contribution >= 4 is 39.5 Å². The third-order valence-electron chi connectivity index (χ3n) is 17.7. The first kappa shape index (κ1) is 93.1. The Kier molecular flexibility index (Phi) is 66.5. The monoisotopic (exact) mass is 1400 g/mol. The molecule has 17 nitrogen and oxygen atoms in total. The SMILES string of the molecule is CCCCCCCCCCCCCCCCCCCCCCC(=O)O[C@H](COC(=O)CCCCCCCCCCCCCC(C)C)COP(=O)(O)OC[C@@H](O)COP(=O)(O)OC[C@@H](COC(=O)CCCCCCCCC(C)C)OC(=O)CCCCCCCCCCCCCC. The van der Waals surface area contributed by atoms with Crippen molar-refractivity contribution in [1.29, 1.82) is 0 Å². The van der Waals surface area contributed by atoms with Gasteiger partial charge < -0.3 is 33.8 Å². The second-order valence-corrected chi connectivity index (χ2v) is 31.3. The summed E-state index contributed by atoms with van der Waals surface area (Å²) in [5, 5.41) is 10.6. The second kappa shape index (κ2) is 67.9. The summed E-state index contributed by atoms with van der Waals surface area (Å²) in [4.78, 5) is 72.7. The Morgan fingerprint density at radius 1 is 0.284 bits per heavy atom. The highest BCUT2D eigenvalue weighted by molar-refractivity contribution is 7.47. The van der Waals surface area contributed by atoms with E-state index >= 15 is 0 Å². The molecule has 564 valence electrons. The number of carbonyl (C=O) groups excluding carboxylic acids is 4. The van der Waals surface area contributed by atoms with Crippen LogP contribution >= 0.6 is 15.6 Å². The van der Waals surface area contributed by atoms with Crippen molar-refractivity contribution in [2.24, 2.45) is 11.8 Å². The fourth-order valence-corrected chi connectivity index (χ4v) is 13.2. The number of unbranched alkanes of at least 4 members (excludes halogenated alkanes) is 45. The van der Waals surface area contributed by atoms with E-state index in [0.717, 1.165) is 102 Å². The van der Waals surface area contributed by atoms with Gasteiger partial charge in [-0.05, 0) is 37.5 Å². The number of phosphoric acid groups is 2. The molecule has 0 bridgehead atoms. The molecule has 95 heavy (non-hydrogen) atoms. The van der Waals surface area contributed by atoms with Gasteiger partial charge in [-0.25, -0.2) is 9.13 Å². The van der Waals surface area contributed by atoms with Crippen LogP contribution in [-0.2, 0) is 65.4 Å². The largest absolute Gasteiger partial charge is 0.472 e. The third-order valence-corrected chi connectivity index (χ3v) is 19.6. The minimum absolute atomic E-state index is 0.106. The van der Waals surface area contributed by atoms with Crippen LogP contribution in [0.1, 0.15) is 395 Å². The molecule has 0 aromatic heterocycles. The summed E-state index contributed by atoms with van der Waals surface area (Å²) in [5.41, 5.74) is 0. The fraction of sp³-hybridized carbons (Fsp3) is 0.947. The number of phosphoric ester groups is 2. The molecule has 0 heterocycles. The number of rotatable bonds is 75. The summed E-state index contributed by atoms with van der Waals surface area (Å²) in [7, 11) is -9.91. The lowest BCUT2D eigenvalue weighted by Crippen LogP contribution is -2.30. The van der Waals surface area contributed by atoms with Crippen molar-refractivity contribution in [2.75, 3.05) is 39.6 Å². The van der Waals surface area contributed by atoms with Gasteiger partial charge >= 0.3 is 39.5 Å². The van der Waals surface area contributed by atoms with E-state index in [9.17, 15) is 43.2 Å². The second-order valence-electron chi connectivity index (χ2n) is 28.3. The van der Waals surface area contributed by atoms with Gasteiger partial charge in [0.1, 0.15) is 19.3 Å². The van der Waals surface area contributed by atoms with Crippen LogP contribution < -0.4 is 0 Å². The van der Waals surface area contributed by atoms with Gasteiger partial charge in [0.15, 0.2) is 12.2 Å². The van der Waals surface area contributed by atoms with Crippen molar-refractivity contribution < 1.29 is 80.2 Å². The van der Waals surface area contributed by atoms with Gasteiger partial charge in [0.2, 0.25) is 0 Å². The lowest BCUT2D eigenvalue weighted by atomic mass is 10.0. The number of hydrogen-bond acceptors (Lipinski definition) is 15. The molecule has 0 aliphatic carbocycles.